The van der Waals surface area contributed by atoms with Crippen LogP contribution in [-0.2, 0) is 0 Å². The number of aromatic nitrogens is 2. The van der Waals surface area contributed by atoms with Crippen LogP contribution >= 0.6 is 0 Å². The third-order valence-electron chi connectivity index (χ3n) is 2.63. The zero-order valence-corrected chi connectivity index (χ0v) is 9.04. The fraction of sp³-hybridized carbons (Fsp3) is 0. The lowest BCUT2D eigenvalue weighted by atomic mass is 10.1. The zero-order valence-electron chi connectivity index (χ0n) is 9.04. The molecule has 17 heavy (non-hydrogen) atoms. The number of hydrogen-bond acceptors (Lipinski definition) is 3. The summed E-state index contributed by atoms with van der Waals surface area (Å²) in [5, 5.41) is 10.7. The van der Waals surface area contributed by atoms with E-state index < -0.39 is 0 Å². The summed E-state index contributed by atoms with van der Waals surface area (Å²) in [6.07, 6.45) is 1.73. The largest absolute Gasteiger partial charge is 0.506 e. The van der Waals surface area contributed by atoms with Crippen LogP contribution < -0.4 is 0 Å². The molecule has 0 spiro atoms. The Labute approximate surface area is 98.4 Å². The van der Waals surface area contributed by atoms with Gasteiger partial charge in [0.05, 0.1) is 11.4 Å². The quantitative estimate of drug-likeness (QED) is 0.688. The molecule has 3 heteroatoms. The lowest BCUT2D eigenvalue weighted by molar-refractivity contribution is 0.480. The van der Waals surface area contributed by atoms with E-state index in [0.717, 1.165) is 16.8 Å². The Kier molecular flexibility index (Phi) is 2.22. The molecule has 0 amide bonds. The fourth-order valence-electron chi connectivity index (χ4n) is 1.79. The summed E-state index contributed by atoms with van der Waals surface area (Å²) >= 11 is 0. The lowest BCUT2D eigenvalue weighted by Crippen LogP contribution is -1.87. The number of phenolic OH excluding ortho intramolecular Hbond substituents is 1. The normalized spacial score (nSPS) is 10.6. The summed E-state index contributed by atoms with van der Waals surface area (Å²) < 4.78 is 0. The van der Waals surface area contributed by atoms with Crippen molar-refractivity contribution < 1.29 is 5.11 Å². The van der Waals surface area contributed by atoms with Gasteiger partial charge in [-0.25, -0.2) is 4.98 Å². The van der Waals surface area contributed by atoms with E-state index in [9.17, 15) is 5.11 Å². The first-order chi connectivity index (χ1) is 8.34. The highest BCUT2D eigenvalue weighted by molar-refractivity contribution is 5.86. The van der Waals surface area contributed by atoms with E-state index in [2.05, 4.69) is 9.97 Å². The van der Waals surface area contributed by atoms with Crippen LogP contribution in [0.3, 0.4) is 0 Å². The van der Waals surface area contributed by atoms with E-state index in [1.165, 1.54) is 0 Å². The van der Waals surface area contributed by atoms with E-state index in [1.807, 2.05) is 36.4 Å². The highest BCUT2D eigenvalue weighted by Gasteiger charge is 2.04. The molecule has 2 heterocycles. The van der Waals surface area contributed by atoms with Crippen LogP contribution in [0.2, 0.25) is 0 Å². The number of benzene rings is 1. The minimum atomic E-state index is 0.195. The molecule has 0 radical (unpaired) electrons. The van der Waals surface area contributed by atoms with Gasteiger partial charge in [0, 0.05) is 11.6 Å². The average molecular weight is 222 g/mol. The summed E-state index contributed by atoms with van der Waals surface area (Å²) in [4.78, 5) is 8.67. The van der Waals surface area contributed by atoms with Gasteiger partial charge in [0.1, 0.15) is 11.3 Å². The molecule has 1 aromatic carbocycles. The van der Waals surface area contributed by atoms with Crippen molar-refractivity contribution in [3.05, 3.63) is 54.7 Å². The first-order valence-electron chi connectivity index (χ1n) is 5.35. The number of aromatic hydroxyl groups is 1. The highest BCUT2D eigenvalue weighted by atomic mass is 16.3. The first-order valence-corrected chi connectivity index (χ1v) is 5.35. The topological polar surface area (TPSA) is 46.0 Å². The summed E-state index contributed by atoms with van der Waals surface area (Å²) in [6, 6.07) is 14.9. The minimum Gasteiger partial charge on any atom is -0.506 e. The molecule has 0 aliphatic heterocycles. The molecule has 0 aliphatic carbocycles. The van der Waals surface area contributed by atoms with E-state index in [-0.39, 0.29) is 5.75 Å². The standard InChI is InChI=1S/C14H10N2O/c17-13-6-3-4-10-7-8-12(16-14(10)13)11-5-1-2-9-15-11/h1-9,17H. The second-order valence-electron chi connectivity index (χ2n) is 3.76. The molecule has 0 saturated carbocycles. The Morgan fingerprint density at radius 1 is 0.824 bits per heavy atom. The average Bonchev–Trinajstić information content (AvgIpc) is 2.40. The van der Waals surface area contributed by atoms with Crippen molar-refractivity contribution in [1.29, 1.82) is 0 Å². The van der Waals surface area contributed by atoms with Gasteiger partial charge in [-0.3, -0.25) is 4.98 Å². The van der Waals surface area contributed by atoms with Gasteiger partial charge in [-0.15, -0.1) is 0 Å². The lowest BCUT2D eigenvalue weighted by Gasteiger charge is -2.03. The van der Waals surface area contributed by atoms with Crippen molar-refractivity contribution in [1.82, 2.24) is 9.97 Å². The number of para-hydroxylation sites is 1. The maximum atomic E-state index is 9.76. The molecule has 0 fully saturated rings. The molecular formula is C14H10N2O. The number of nitrogens with zero attached hydrogens (tertiary/aromatic N) is 2. The summed E-state index contributed by atoms with van der Waals surface area (Å²) in [5.41, 5.74) is 2.17. The number of fused-ring (bicyclic) bond motifs is 1. The Bertz CT molecular complexity index is 665. The Morgan fingerprint density at radius 3 is 2.59 bits per heavy atom. The van der Waals surface area contributed by atoms with Gasteiger partial charge in [0.15, 0.2) is 0 Å². The molecule has 3 rings (SSSR count). The van der Waals surface area contributed by atoms with E-state index in [0.29, 0.717) is 5.52 Å². The fourth-order valence-corrected chi connectivity index (χ4v) is 1.79. The van der Waals surface area contributed by atoms with Gasteiger partial charge >= 0.3 is 0 Å². The van der Waals surface area contributed by atoms with Crippen LogP contribution in [0, 0.1) is 0 Å². The second kappa shape index (κ2) is 3.87. The van der Waals surface area contributed by atoms with Crippen LogP contribution in [0.4, 0.5) is 0 Å². The first kappa shape index (κ1) is 9.78. The molecule has 0 unspecified atom stereocenters. The summed E-state index contributed by atoms with van der Waals surface area (Å²) in [5.74, 6) is 0.195. The van der Waals surface area contributed by atoms with Gasteiger partial charge in [0.25, 0.3) is 0 Å². The van der Waals surface area contributed by atoms with Gasteiger partial charge in [-0.05, 0) is 24.3 Å². The Balaban J connectivity index is 2.23. The number of pyridine rings is 2. The van der Waals surface area contributed by atoms with Crippen LogP contribution in [0.25, 0.3) is 22.3 Å². The molecule has 3 aromatic rings. The van der Waals surface area contributed by atoms with Gasteiger partial charge in [0.2, 0.25) is 0 Å². The number of rotatable bonds is 1. The molecular weight excluding hydrogens is 212 g/mol. The molecule has 0 aliphatic rings. The van der Waals surface area contributed by atoms with Gasteiger partial charge < -0.3 is 5.11 Å². The Morgan fingerprint density at radius 2 is 1.76 bits per heavy atom. The third kappa shape index (κ3) is 1.72. The van der Waals surface area contributed by atoms with Gasteiger partial charge in [-0.1, -0.05) is 24.3 Å². The zero-order chi connectivity index (χ0) is 11.7. The number of hydrogen-bond donors (Lipinski definition) is 1. The van der Waals surface area contributed by atoms with Gasteiger partial charge in [-0.2, -0.15) is 0 Å². The molecule has 1 N–H and O–H groups in total. The molecule has 0 bridgehead atoms. The van der Waals surface area contributed by atoms with Crippen LogP contribution in [-0.4, -0.2) is 15.1 Å². The van der Waals surface area contributed by atoms with Crippen molar-refractivity contribution in [2.24, 2.45) is 0 Å². The van der Waals surface area contributed by atoms with Crippen molar-refractivity contribution >= 4 is 10.9 Å². The predicted octanol–water partition coefficient (Wildman–Crippen LogP) is 3.00. The smallest absolute Gasteiger partial charge is 0.141 e. The maximum Gasteiger partial charge on any atom is 0.141 e. The third-order valence-corrected chi connectivity index (χ3v) is 2.63. The van der Waals surface area contributed by atoms with Crippen molar-refractivity contribution in [3.8, 4) is 17.1 Å². The van der Waals surface area contributed by atoms with Crippen molar-refractivity contribution in [2.75, 3.05) is 0 Å². The van der Waals surface area contributed by atoms with E-state index in [1.54, 1.807) is 18.3 Å². The highest BCUT2D eigenvalue weighted by Crippen LogP contribution is 2.25. The minimum absolute atomic E-state index is 0.195. The van der Waals surface area contributed by atoms with Crippen LogP contribution in [0.1, 0.15) is 0 Å². The number of phenols is 1. The predicted molar refractivity (Wildman–Crippen MR) is 66.6 cm³/mol. The van der Waals surface area contributed by atoms with E-state index in [4.69, 9.17) is 0 Å². The summed E-state index contributed by atoms with van der Waals surface area (Å²) in [7, 11) is 0. The SMILES string of the molecule is Oc1cccc2ccc(-c3ccccn3)nc12. The van der Waals surface area contributed by atoms with Crippen molar-refractivity contribution in [3.63, 3.8) is 0 Å². The van der Waals surface area contributed by atoms with Crippen LogP contribution in [0.15, 0.2) is 54.7 Å². The molecule has 3 nitrogen and oxygen atoms in total. The second-order valence-corrected chi connectivity index (χ2v) is 3.76. The molecule has 0 atom stereocenters. The molecule has 2 aromatic heterocycles. The summed E-state index contributed by atoms with van der Waals surface area (Å²) in [6.45, 7) is 0. The maximum absolute atomic E-state index is 9.76. The molecule has 0 saturated heterocycles. The van der Waals surface area contributed by atoms with Crippen LogP contribution in [0.5, 0.6) is 5.75 Å². The van der Waals surface area contributed by atoms with E-state index >= 15 is 0 Å². The molecule has 82 valence electrons. The Hall–Kier alpha value is -2.42. The van der Waals surface area contributed by atoms with Crippen molar-refractivity contribution in [2.45, 2.75) is 0 Å². The monoisotopic (exact) mass is 222 g/mol.